The molecule has 0 amide bonds. The molecule has 0 radical (unpaired) electrons. The van der Waals surface area contributed by atoms with Gasteiger partial charge in [-0.15, -0.1) is 0 Å². The van der Waals surface area contributed by atoms with E-state index in [4.69, 9.17) is 4.74 Å². The zero-order valence-electron chi connectivity index (χ0n) is 10.5. The third-order valence-electron chi connectivity index (χ3n) is 2.83. The van der Waals surface area contributed by atoms with Gasteiger partial charge in [-0.1, -0.05) is 19.9 Å². The van der Waals surface area contributed by atoms with E-state index in [1.54, 1.807) is 0 Å². The van der Waals surface area contributed by atoms with Crippen LogP contribution in [-0.2, 0) is 6.42 Å². The van der Waals surface area contributed by atoms with Gasteiger partial charge in [0.05, 0.1) is 12.7 Å². The molecule has 94 valence electrons. The topological polar surface area (TPSA) is 29.5 Å². The maximum absolute atomic E-state index is 10.1. The van der Waals surface area contributed by atoms with Crippen LogP contribution in [0.1, 0.15) is 31.1 Å². The Morgan fingerprint density at radius 1 is 1.35 bits per heavy atom. The highest BCUT2D eigenvalue weighted by Gasteiger charge is 2.15. The van der Waals surface area contributed by atoms with Crippen molar-refractivity contribution in [2.45, 2.75) is 26.4 Å². The van der Waals surface area contributed by atoms with Crippen molar-refractivity contribution >= 4 is 11.8 Å². The first kappa shape index (κ1) is 12.8. The molecule has 1 heterocycles. The number of hydrogen-bond acceptors (Lipinski definition) is 3. The largest absolute Gasteiger partial charge is 0.493 e. The summed E-state index contributed by atoms with van der Waals surface area (Å²) >= 11 is 1.82. The molecule has 0 fully saturated rings. The summed E-state index contributed by atoms with van der Waals surface area (Å²) in [6, 6.07) is 6.04. The number of ether oxygens (including phenoxy) is 1. The van der Waals surface area contributed by atoms with Crippen LogP contribution in [-0.4, -0.2) is 23.2 Å². The van der Waals surface area contributed by atoms with E-state index in [1.807, 2.05) is 23.9 Å². The first-order chi connectivity index (χ1) is 8.16. The van der Waals surface area contributed by atoms with E-state index < -0.39 is 0 Å². The van der Waals surface area contributed by atoms with Gasteiger partial charge in [0, 0.05) is 12.2 Å². The second-order valence-electron chi connectivity index (χ2n) is 4.91. The Morgan fingerprint density at radius 3 is 2.94 bits per heavy atom. The molecule has 0 aromatic heterocycles. The lowest BCUT2D eigenvalue weighted by Gasteiger charge is -2.12. The van der Waals surface area contributed by atoms with E-state index in [9.17, 15) is 5.11 Å². The predicted octanol–water partition coefficient (Wildman–Crippen LogP) is 3.04. The summed E-state index contributed by atoms with van der Waals surface area (Å²) < 4.78 is 5.46. The second kappa shape index (κ2) is 5.78. The maximum Gasteiger partial charge on any atom is 0.122 e. The van der Waals surface area contributed by atoms with Crippen LogP contribution in [0.2, 0.25) is 0 Å². The van der Waals surface area contributed by atoms with Crippen LogP contribution in [0.4, 0.5) is 0 Å². The standard InChI is InChI=1S/C14H20O2S/c1-10(2)8-17-9-13(15)11-3-4-14-12(7-11)5-6-16-14/h3-4,7,10,13,15H,5-6,8-9H2,1-2H3. The zero-order valence-corrected chi connectivity index (χ0v) is 11.3. The van der Waals surface area contributed by atoms with Crippen molar-refractivity contribution in [1.29, 1.82) is 0 Å². The van der Waals surface area contributed by atoms with Gasteiger partial charge in [0.1, 0.15) is 5.75 Å². The summed E-state index contributed by atoms with van der Waals surface area (Å²) in [7, 11) is 0. The highest BCUT2D eigenvalue weighted by Crippen LogP contribution is 2.29. The number of benzene rings is 1. The summed E-state index contributed by atoms with van der Waals surface area (Å²) in [6.07, 6.45) is 0.610. The minimum atomic E-state index is -0.357. The third kappa shape index (κ3) is 3.39. The molecule has 1 atom stereocenters. The Balaban J connectivity index is 1.92. The first-order valence-electron chi connectivity index (χ1n) is 6.18. The van der Waals surface area contributed by atoms with Crippen molar-refractivity contribution in [3.05, 3.63) is 29.3 Å². The summed E-state index contributed by atoms with van der Waals surface area (Å²) in [4.78, 5) is 0. The molecular formula is C14H20O2S. The van der Waals surface area contributed by atoms with E-state index >= 15 is 0 Å². The maximum atomic E-state index is 10.1. The van der Waals surface area contributed by atoms with Crippen LogP contribution in [0.3, 0.4) is 0 Å². The van der Waals surface area contributed by atoms with Crippen LogP contribution < -0.4 is 4.74 Å². The molecule has 0 bridgehead atoms. The summed E-state index contributed by atoms with van der Waals surface area (Å²) in [5.41, 5.74) is 2.25. The Kier molecular flexibility index (Phi) is 4.35. The smallest absolute Gasteiger partial charge is 0.122 e. The molecule has 1 aliphatic heterocycles. The number of thioether (sulfide) groups is 1. The zero-order chi connectivity index (χ0) is 12.3. The highest BCUT2D eigenvalue weighted by molar-refractivity contribution is 7.99. The molecule has 0 saturated heterocycles. The number of rotatable bonds is 5. The molecule has 2 nitrogen and oxygen atoms in total. The third-order valence-corrected chi connectivity index (χ3v) is 4.28. The van der Waals surface area contributed by atoms with Crippen molar-refractivity contribution in [3.63, 3.8) is 0 Å². The minimum absolute atomic E-state index is 0.357. The second-order valence-corrected chi connectivity index (χ2v) is 5.99. The molecule has 2 rings (SSSR count). The van der Waals surface area contributed by atoms with Crippen LogP contribution in [0.25, 0.3) is 0 Å². The van der Waals surface area contributed by atoms with Crippen molar-refractivity contribution in [1.82, 2.24) is 0 Å². The van der Waals surface area contributed by atoms with Crippen LogP contribution in [0.15, 0.2) is 18.2 Å². The average molecular weight is 252 g/mol. The fourth-order valence-corrected chi connectivity index (χ4v) is 2.95. The molecule has 1 N–H and O–H groups in total. The number of fused-ring (bicyclic) bond motifs is 1. The van der Waals surface area contributed by atoms with Crippen molar-refractivity contribution in [3.8, 4) is 5.75 Å². The molecule has 0 saturated carbocycles. The number of aliphatic hydroxyl groups excluding tert-OH is 1. The van der Waals surface area contributed by atoms with E-state index in [-0.39, 0.29) is 6.10 Å². The fraction of sp³-hybridized carbons (Fsp3) is 0.571. The van der Waals surface area contributed by atoms with Crippen molar-refractivity contribution in [2.24, 2.45) is 5.92 Å². The minimum Gasteiger partial charge on any atom is -0.493 e. The molecule has 0 aliphatic carbocycles. The lowest BCUT2D eigenvalue weighted by molar-refractivity contribution is 0.204. The monoisotopic (exact) mass is 252 g/mol. The highest BCUT2D eigenvalue weighted by atomic mass is 32.2. The van der Waals surface area contributed by atoms with E-state index in [2.05, 4.69) is 19.9 Å². The number of aliphatic hydroxyl groups is 1. The van der Waals surface area contributed by atoms with Gasteiger partial charge in [-0.2, -0.15) is 11.8 Å². The van der Waals surface area contributed by atoms with Gasteiger partial charge in [-0.05, 0) is 34.9 Å². The molecule has 3 heteroatoms. The van der Waals surface area contributed by atoms with Gasteiger partial charge >= 0.3 is 0 Å². The number of hydrogen-bond donors (Lipinski definition) is 1. The first-order valence-corrected chi connectivity index (χ1v) is 7.33. The van der Waals surface area contributed by atoms with Gasteiger partial charge in [0.2, 0.25) is 0 Å². The SMILES string of the molecule is CC(C)CSCC(O)c1ccc2c(c1)CCO2. The van der Waals surface area contributed by atoms with E-state index in [0.717, 1.165) is 35.8 Å². The quantitative estimate of drug-likeness (QED) is 0.873. The Morgan fingerprint density at radius 2 is 2.18 bits per heavy atom. The predicted molar refractivity (Wildman–Crippen MR) is 72.8 cm³/mol. The van der Waals surface area contributed by atoms with Gasteiger partial charge in [0.15, 0.2) is 0 Å². The molecule has 1 aromatic carbocycles. The fourth-order valence-electron chi connectivity index (χ4n) is 1.93. The van der Waals surface area contributed by atoms with Gasteiger partial charge in [-0.25, -0.2) is 0 Å². The Hall–Kier alpha value is -0.670. The van der Waals surface area contributed by atoms with Crippen LogP contribution in [0.5, 0.6) is 5.75 Å². The molecule has 1 aromatic rings. The molecule has 17 heavy (non-hydrogen) atoms. The Labute approximate surface area is 107 Å². The lowest BCUT2D eigenvalue weighted by Crippen LogP contribution is -2.03. The van der Waals surface area contributed by atoms with Crippen molar-refractivity contribution < 1.29 is 9.84 Å². The van der Waals surface area contributed by atoms with Crippen molar-refractivity contribution in [2.75, 3.05) is 18.1 Å². The van der Waals surface area contributed by atoms with Gasteiger partial charge in [-0.3, -0.25) is 0 Å². The average Bonchev–Trinajstić information content (AvgIpc) is 2.75. The summed E-state index contributed by atoms with van der Waals surface area (Å²) in [6.45, 7) is 5.18. The van der Waals surface area contributed by atoms with Crippen LogP contribution >= 0.6 is 11.8 Å². The lowest BCUT2D eigenvalue weighted by atomic mass is 10.1. The summed E-state index contributed by atoms with van der Waals surface area (Å²) in [5, 5.41) is 10.1. The summed E-state index contributed by atoms with van der Waals surface area (Å²) in [5.74, 6) is 3.54. The molecule has 1 unspecified atom stereocenters. The van der Waals surface area contributed by atoms with E-state index in [1.165, 1.54) is 5.56 Å². The Bertz CT molecular complexity index is 376. The molecule has 0 spiro atoms. The van der Waals surface area contributed by atoms with Crippen LogP contribution in [0, 0.1) is 5.92 Å². The van der Waals surface area contributed by atoms with E-state index in [0.29, 0.717) is 5.92 Å². The van der Waals surface area contributed by atoms with Gasteiger partial charge < -0.3 is 9.84 Å². The molecular weight excluding hydrogens is 232 g/mol. The normalized spacial score (nSPS) is 15.8. The molecule has 1 aliphatic rings. The van der Waals surface area contributed by atoms with Gasteiger partial charge in [0.25, 0.3) is 0 Å².